The van der Waals surface area contributed by atoms with Crippen LogP contribution in [0.4, 0.5) is 0 Å². The van der Waals surface area contributed by atoms with Gasteiger partial charge < -0.3 is 4.74 Å². The van der Waals surface area contributed by atoms with E-state index >= 15 is 0 Å². The molecular weight excluding hydrogens is 272 g/mol. The van der Waals surface area contributed by atoms with Gasteiger partial charge in [-0.05, 0) is 36.8 Å². The quantitative estimate of drug-likeness (QED) is 0.679. The highest BCUT2D eigenvalue weighted by molar-refractivity contribution is 7.13. The number of ether oxygens (including phenoxy) is 1. The molecule has 0 bridgehead atoms. The van der Waals surface area contributed by atoms with Crippen molar-refractivity contribution < 1.29 is 9.53 Å². The van der Waals surface area contributed by atoms with E-state index in [4.69, 9.17) is 4.74 Å². The largest absolute Gasteiger partial charge is 0.497 e. The maximum atomic E-state index is 11.9. The van der Waals surface area contributed by atoms with Crippen LogP contribution >= 0.6 is 11.3 Å². The van der Waals surface area contributed by atoms with E-state index in [0.717, 1.165) is 11.3 Å². The Bertz CT molecular complexity index is 620. The molecule has 4 nitrogen and oxygen atoms in total. The molecule has 1 heterocycles. The number of rotatable bonds is 5. The van der Waals surface area contributed by atoms with Gasteiger partial charge in [-0.3, -0.25) is 4.79 Å². The highest BCUT2D eigenvalue weighted by atomic mass is 32.1. The molecule has 20 heavy (non-hydrogen) atoms. The third-order valence-electron chi connectivity index (χ3n) is 2.72. The zero-order valence-corrected chi connectivity index (χ0v) is 12.2. The maximum absolute atomic E-state index is 11.9. The van der Waals surface area contributed by atoms with Gasteiger partial charge in [-0.2, -0.15) is 5.10 Å². The Hall–Kier alpha value is -2.14. The molecule has 0 radical (unpaired) electrons. The second-order valence-electron chi connectivity index (χ2n) is 4.09. The average molecular weight is 288 g/mol. The summed E-state index contributed by atoms with van der Waals surface area (Å²) in [7, 11) is 1.57. The summed E-state index contributed by atoms with van der Waals surface area (Å²) < 4.78 is 5.08. The predicted octanol–water partition coefficient (Wildman–Crippen LogP) is 3.08. The van der Waals surface area contributed by atoms with Crippen LogP contribution in [0.5, 0.6) is 5.75 Å². The van der Waals surface area contributed by atoms with E-state index in [9.17, 15) is 4.79 Å². The molecule has 5 heteroatoms. The standard InChI is InChI=1S/C15H16N2O2S/c1-3-13-7-8-14(20-13)10-16-17-15(18)11-5-4-6-12(9-11)19-2/h4-10H,3H2,1-2H3,(H,17,18)/b16-10+. The summed E-state index contributed by atoms with van der Waals surface area (Å²) in [4.78, 5) is 14.2. The number of benzene rings is 1. The van der Waals surface area contributed by atoms with Gasteiger partial charge in [0.05, 0.1) is 13.3 Å². The molecule has 1 N–H and O–H groups in total. The summed E-state index contributed by atoms with van der Waals surface area (Å²) in [6.07, 6.45) is 2.66. The highest BCUT2D eigenvalue weighted by Crippen LogP contribution is 2.15. The van der Waals surface area contributed by atoms with Crippen molar-refractivity contribution in [1.29, 1.82) is 0 Å². The summed E-state index contributed by atoms with van der Waals surface area (Å²) in [5.74, 6) is 0.389. The Balaban J connectivity index is 1.97. The number of carbonyl (C=O) groups excluding carboxylic acids is 1. The van der Waals surface area contributed by atoms with Crippen LogP contribution in [0.15, 0.2) is 41.5 Å². The van der Waals surface area contributed by atoms with Gasteiger partial charge in [-0.1, -0.05) is 13.0 Å². The molecule has 0 unspecified atom stereocenters. The van der Waals surface area contributed by atoms with Crippen LogP contribution in [0.25, 0.3) is 0 Å². The highest BCUT2D eigenvalue weighted by Gasteiger charge is 2.05. The molecule has 0 saturated heterocycles. The molecule has 1 aromatic carbocycles. The minimum absolute atomic E-state index is 0.257. The van der Waals surface area contributed by atoms with Crippen LogP contribution in [0.1, 0.15) is 27.0 Å². The topological polar surface area (TPSA) is 50.7 Å². The van der Waals surface area contributed by atoms with E-state index in [2.05, 4.69) is 23.5 Å². The van der Waals surface area contributed by atoms with Crippen molar-refractivity contribution in [3.8, 4) is 5.75 Å². The lowest BCUT2D eigenvalue weighted by molar-refractivity contribution is 0.0955. The molecule has 2 aromatic rings. The minimum atomic E-state index is -0.257. The Labute approximate surface area is 122 Å². The third kappa shape index (κ3) is 3.68. The van der Waals surface area contributed by atoms with Crippen molar-refractivity contribution in [3.05, 3.63) is 51.7 Å². The van der Waals surface area contributed by atoms with Crippen molar-refractivity contribution in [2.45, 2.75) is 13.3 Å². The van der Waals surface area contributed by atoms with Gasteiger partial charge in [-0.25, -0.2) is 5.43 Å². The Morgan fingerprint density at radius 2 is 2.25 bits per heavy atom. The van der Waals surface area contributed by atoms with Gasteiger partial charge >= 0.3 is 0 Å². The summed E-state index contributed by atoms with van der Waals surface area (Å²) in [6.45, 7) is 2.11. The first-order valence-electron chi connectivity index (χ1n) is 6.29. The van der Waals surface area contributed by atoms with Crippen molar-refractivity contribution in [1.82, 2.24) is 5.43 Å². The second-order valence-corrected chi connectivity index (χ2v) is 5.29. The van der Waals surface area contributed by atoms with Crippen LogP contribution < -0.4 is 10.2 Å². The van der Waals surface area contributed by atoms with Gasteiger partial charge in [0, 0.05) is 15.3 Å². The van der Waals surface area contributed by atoms with Crippen LogP contribution in [0.3, 0.4) is 0 Å². The summed E-state index contributed by atoms with van der Waals surface area (Å²) in [6, 6.07) is 11.0. The van der Waals surface area contributed by atoms with E-state index in [-0.39, 0.29) is 5.91 Å². The van der Waals surface area contributed by atoms with Gasteiger partial charge in [0.15, 0.2) is 0 Å². The maximum Gasteiger partial charge on any atom is 0.271 e. The van der Waals surface area contributed by atoms with Crippen LogP contribution in [-0.2, 0) is 6.42 Å². The zero-order valence-electron chi connectivity index (χ0n) is 11.4. The van der Waals surface area contributed by atoms with Crippen LogP contribution in [0, 0.1) is 0 Å². The molecule has 2 rings (SSSR count). The molecule has 104 valence electrons. The number of carbonyl (C=O) groups is 1. The van der Waals surface area contributed by atoms with E-state index in [1.807, 2.05) is 6.07 Å². The SMILES string of the molecule is CCc1ccc(/C=N/NC(=O)c2cccc(OC)c2)s1. The zero-order chi connectivity index (χ0) is 14.4. The third-order valence-corrected chi connectivity index (χ3v) is 3.88. The average Bonchev–Trinajstić information content (AvgIpc) is 2.95. The number of amides is 1. The fourth-order valence-corrected chi connectivity index (χ4v) is 2.46. The number of methoxy groups -OCH3 is 1. The van der Waals surface area contributed by atoms with Gasteiger partial charge in [-0.15, -0.1) is 11.3 Å². The predicted molar refractivity (Wildman–Crippen MR) is 81.8 cm³/mol. The van der Waals surface area contributed by atoms with Gasteiger partial charge in [0.25, 0.3) is 5.91 Å². The van der Waals surface area contributed by atoms with E-state index in [0.29, 0.717) is 11.3 Å². The number of aryl methyl sites for hydroxylation is 1. The number of hydrogen-bond acceptors (Lipinski definition) is 4. The molecule has 0 fully saturated rings. The lowest BCUT2D eigenvalue weighted by Gasteiger charge is -2.02. The lowest BCUT2D eigenvalue weighted by Crippen LogP contribution is -2.17. The number of thiophene rings is 1. The van der Waals surface area contributed by atoms with Crippen molar-refractivity contribution in [2.24, 2.45) is 5.10 Å². The lowest BCUT2D eigenvalue weighted by atomic mass is 10.2. The Morgan fingerprint density at radius 3 is 2.95 bits per heavy atom. The molecule has 0 aliphatic carbocycles. The molecule has 0 atom stereocenters. The molecule has 1 amide bonds. The Morgan fingerprint density at radius 1 is 1.40 bits per heavy atom. The normalized spacial score (nSPS) is 10.7. The summed E-state index contributed by atoms with van der Waals surface area (Å²) in [5, 5.41) is 3.97. The smallest absolute Gasteiger partial charge is 0.271 e. The molecule has 0 saturated carbocycles. The first-order chi connectivity index (χ1) is 9.72. The first-order valence-corrected chi connectivity index (χ1v) is 7.10. The molecule has 0 aliphatic heterocycles. The summed E-state index contributed by atoms with van der Waals surface area (Å²) >= 11 is 1.67. The van der Waals surface area contributed by atoms with E-state index in [1.165, 1.54) is 4.88 Å². The van der Waals surface area contributed by atoms with E-state index < -0.39 is 0 Å². The van der Waals surface area contributed by atoms with Crippen LogP contribution in [-0.4, -0.2) is 19.2 Å². The number of hydrazone groups is 1. The second kappa shape index (κ2) is 6.86. The van der Waals surface area contributed by atoms with Crippen LogP contribution in [0.2, 0.25) is 0 Å². The summed E-state index contributed by atoms with van der Waals surface area (Å²) in [5.41, 5.74) is 3.02. The van der Waals surface area contributed by atoms with Gasteiger partial charge in [0.1, 0.15) is 5.75 Å². The van der Waals surface area contributed by atoms with E-state index in [1.54, 1.807) is 48.9 Å². The molecule has 0 spiro atoms. The fourth-order valence-electron chi connectivity index (χ4n) is 1.64. The molecular formula is C15H16N2O2S. The Kier molecular flexibility index (Phi) is 4.90. The fraction of sp³-hybridized carbons (Fsp3) is 0.200. The molecule has 0 aliphatic rings. The van der Waals surface area contributed by atoms with Crippen molar-refractivity contribution >= 4 is 23.5 Å². The first kappa shape index (κ1) is 14.3. The van der Waals surface area contributed by atoms with Crippen molar-refractivity contribution in [2.75, 3.05) is 7.11 Å². The number of hydrogen-bond donors (Lipinski definition) is 1. The van der Waals surface area contributed by atoms with Gasteiger partial charge in [0.2, 0.25) is 0 Å². The molecule has 1 aromatic heterocycles. The van der Waals surface area contributed by atoms with Crippen molar-refractivity contribution in [3.63, 3.8) is 0 Å². The number of nitrogens with zero attached hydrogens (tertiary/aromatic N) is 1. The number of nitrogens with one attached hydrogen (secondary N) is 1. The monoisotopic (exact) mass is 288 g/mol. The minimum Gasteiger partial charge on any atom is -0.497 e.